The van der Waals surface area contributed by atoms with Crippen molar-refractivity contribution in [3.05, 3.63) is 59.8 Å². The minimum Gasteiger partial charge on any atom is -0.406 e. The van der Waals surface area contributed by atoms with Crippen LogP contribution in [0, 0.1) is 11.6 Å². The van der Waals surface area contributed by atoms with Crippen molar-refractivity contribution < 1.29 is 31.5 Å². The number of fused-ring (bicyclic) bond motifs is 1. The van der Waals surface area contributed by atoms with Gasteiger partial charge in [0.1, 0.15) is 5.75 Å². The number of aromatic nitrogens is 1. The highest BCUT2D eigenvalue weighted by atomic mass is 19.4. The fraction of sp³-hybridized carbons (Fsp3) is 0.118. The summed E-state index contributed by atoms with van der Waals surface area (Å²) >= 11 is 0. The highest BCUT2D eigenvalue weighted by molar-refractivity contribution is 6.02. The Morgan fingerprint density at radius 3 is 2.38 bits per heavy atom. The number of ether oxygens (including phenoxy) is 1. The number of rotatable bonds is 4. The maximum atomic E-state index is 13.4. The molecule has 0 atom stereocenters. The number of benzene rings is 2. The van der Waals surface area contributed by atoms with Gasteiger partial charge in [-0.05, 0) is 23.8 Å². The third-order valence-electron chi connectivity index (χ3n) is 3.52. The van der Waals surface area contributed by atoms with E-state index in [0.717, 1.165) is 24.3 Å². The number of carbonyl (C=O) groups excluding carboxylic acids is 1. The average Bonchev–Trinajstić information content (AvgIpc) is 2.90. The van der Waals surface area contributed by atoms with E-state index in [9.17, 15) is 26.7 Å². The van der Waals surface area contributed by atoms with Gasteiger partial charge in [-0.25, -0.2) is 8.78 Å². The van der Waals surface area contributed by atoms with E-state index >= 15 is 0 Å². The summed E-state index contributed by atoms with van der Waals surface area (Å²) in [6.07, 6.45) is -3.52. The summed E-state index contributed by atoms with van der Waals surface area (Å²) in [7, 11) is 0. The van der Waals surface area contributed by atoms with Crippen molar-refractivity contribution in [1.82, 2.24) is 4.98 Å². The van der Waals surface area contributed by atoms with E-state index < -0.39 is 29.7 Å². The zero-order valence-corrected chi connectivity index (χ0v) is 13.0. The Hall–Kier alpha value is -3.10. The monoisotopic (exact) mass is 370 g/mol. The highest BCUT2D eigenvalue weighted by Gasteiger charge is 2.30. The molecule has 1 amide bonds. The molecule has 3 rings (SSSR count). The molecule has 0 saturated heterocycles. The van der Waals surface area contributed by atoms with Crippen LogP contribution in [0.1, 0.15) is 5.56 Å². The van der Waals surface area contributed by atoms with Crippen molar-refractivity contribution in [2.75, 3.05) is 5.32 Å². The zero-order valence-electron chi connectivity index (χ0n) is 13.0. The predicted octanol–water partition coefficient (Wildman–Crippen LogP) is 4.53. The van der Waals surface area contributed by atoms with Crippen LogP contribution in [-0.4, -0.2) is 17.3 Å². The Labute approximate surface area is 143 Å². The van der Waals surface area contributed by atoms with Gasteiger partial charge in [0.25, 0.3) is 0 Å². The van der Waals surface area contributed by atoms with E-state index in [1.807, 2.05) is 0 Å². The van der Waals surface area contributed by atoms with Gasteiger partial charge < -0.3 is 15.0 Å². The van der Waals surface area contributed by atoms with Gasteiger partial charge in [0.05, 0.1) is 17.6 Å². The summed E-state index contributed by atoms with van der Waals surface area (Å²) in [6.45, 7) is 0. The Bertz CT molecular complexity index is 948. The van der Waals surface area contributed by atoms with Crippen LogP contribution in [0.3, 0.4) is 0 Å². The standard InChI is InChI=1S/C17H11F5N2O2/c18-12-6-11-14(7-13(12)19)23-8-15(11)24-16(25)5-9-1-3-10(4-2-9)26-17(20,21)22/h1-4,6-8,23H,5H2,(H,24,25). The molecule has 0 fully saturated rings. The summed E-state index contributed by atoms with van der Waals surface area (Å²) < 4.78 is 66.6. The first-order chi connectivity index (χ1) is 12.2. The van der Waals surface area contributed by atoms with Crippen molar-refractivity contribution in [2.24, 2.45) is 0 Å². The van der Waals surface area contributed by atoms with Crippen LogP contribution in [0.15, 0.2) is 42.6 Å². The van der Waals surface area contributed by atoms with Gasteiger partial charge >= 0.3 is 6.36 Å². The zero-order chi connectivity index (χ0) is 18.9. The maximum absolute atomic E-state index is 13.4. The third kappa shape index (κ3) is 4.11. The minimum absolute atomic E-state index is 0.122. The lowest BCUT2D eigenvalue weighted by Gasteiger charge is -2.09. The van der Waals surface area contributed by atoms with Crippen molar-refractivity contribution in [3.8, 4) is 5.75 Å². The molecule has 0 saturated carbocycles. The van der Waals surface area contributed by atoms with Crippen LogP contribution in [0.4, 0.5) is 27.6 Å². The van der Waals surface area contributed by atoms with Gasteiger partial charge in [-0.2, -0.15) is 0 Å². The summed E-state index contributed by atoms with van der Waals surface area (Å²) in [5.74, 6) is -2.93. The molecule has 2 aromatic carbocycles. The summed E-state index contributed by atoms with van der Waals surface area (Å²) in [4.78, 5) is 14.8. The number of carbonyl (C=O) groups is 1. The quantitative estimate of drug-likeness (QED) is 0.663. The number of hydrogen-bond acceptors (Lipinski definition) is 2. The Morgan fingerprint density at radius 1 is 1.08 bits per heavy atom. The molecule has 26 heavy (non-hydrogen) atoms. The number of halogens is 5. The molecule has 2 N–H and O–H groups in total. The second kappa shape index (κ2) is 6.66. The molecule has 9 heteroatoms. The van der Waals surface area contributed by atoms with Crippen LogP contribution in [0.2, 0.25) is 0 Å². The SMILES string of the molecule is O=C(Cc1ccc(OC(F)(F)F)cc1)Nc1c[nH]c2cc(F)c(F)cc12. The lowest BCUT2D eigenvalue weighted by atomic mass is 10.1. The van der Waals surface area contributed by atoms with Crippen LogP contribution >= 0.6 is 0 Å². The van der Waals surface area contributed by atoms with E-state index in [2.05, 4.69) is 15.0 Å². The summed E-state index contributed by atoms with van der Waals surface area (Å²) in [5.41, 5.74) is 1.03. The fourth-order valence-electron chi connectivity index (χ4n) is 2.41. The smallest absolute Gasteiger partial charge is 0.406 e. The van der Waals surface area contributed by atoms with Gasteiger partial charge in [0.15, 0.2) is 11.6 Å². The normalized spacial score (nSPS) is 11.6. The van der Waals surface area contributed by atoms with E-state index in [0.29, 0.717) is 16.5 Å². The second-order valence-corrected chi connectivity index (χ2v) is 5.43. The Kier molecular flexibility index (Phi) is 4.54. The van der Waals surface area contributed by atoms with Gasteiger partial charge in [0, 0.05) is 17.6 Å². The van der Waals surface area contributed by atoms with Crippen LogP contribution < -0.4 is 10.1 Å². The highest BCUT2D eigenvalue weighted by Crippen LogP contribution is 2.26. The molecule has 0 aliphatic rings. The van der Waals surface area contributed by atoms with Crippen LogP contribution in [0.25, 0.3) is 10.9 Å². The van der Waals surface area contributed by atoms with Gasteiger partial charge in [-0.1, -0.05) is 12.1 Å². The first-order valence-electron chi connectivity index (χ1n) is 7.32. The molecule has 136 valence electrons. The molecular weight excluding hydrogens is 359 g/mol. The molecule has 0 aliphatic carbocycles. The van der Waals surface area contributed by atoms with E-state index in [1.165, 1.54) is 18.3 Å². The Morgan fingerprint density at radius 2 is 1.73 bits per heavy atom. The van der Waals surface area contributed by atoms with Crippen LogP contribution in [-0.2, 0) is 11.2 Å². The number of aromatic amines is 1. The summed E-state index contributed by atoms with van der Waals surface area (Å²) in [6, 6.07) is 6.77. The van der Waals surface area contributed by atoms with Gasteiger partial charge in [-0.15, -0.1) is 13.2 Å². The number of amides is 1. The van der Waals surface area contributed by atoms with Crippen molar-refractivity contribution in [1.29, 1.82) is 0 Å². The number of H-pyrrole nitrogens is 1. The lowest BCUT2D eigenvalue weighted by Crippen LogP contribution is -2.17. The topological polar surface area (TPSA) is 54.1 Å². The first kappa shape index (κ1) is 17.7. The van der Waals surface area contributed by atoms with Crippen molar-refractivity contribution in [3.63, 3.8) is 0 Å². The van der Waals surface area contributed by atoms with Crippen molar-refractivity contribution >= 4 is 22.5 Å². The number of alkyl halides is 3. The number of hydrogen-bond donors (Lipinski definition) is 2. The summed E-state index contributed by atoms with van der Waals surface area (Å²) in [5, 5.41) is 2.84. The maximum Gasteiger partial charge on any atom is 0.573 e. The molecule has 4 nitrogen and oxygen atoms in total. The van der Waals surface area contributed by atoms with Gasteiger partial charge in [-0.3, -0.25) is 4.79 Å². The largest absolute Gasteiger partial charge is 0.573 e. The molecule has 3 aromatic rings. The molecule has 1 heterocycles. The van der Waals surface area contributed by atoms with E-state index in [-0.39, 0.29) is 12.1 Å². The van der Waals surface area contributed by atoms with Crippen molar-refractivity contribution in [2.45, 2.75) is 12.8 Å². The third-order valence-corrected chi connectivity index (χ3v) is 3.52. The molecule has 0 bridgehead atoms. The molecule has 0 spiro atoms. The predicted molar refractivity (Wildman–Crippen MR) is 83.7 cm³/mol. The lowest BCUT2D eigenvalue weighted by molar-refractivity contribution is -0.274. The van der Waals surface area contributed by atoms with E-state index in [4.69, 9.17) is 0 Å². The molecule has 1 aromatic heterocycles. The number of nitrogens with one attached hydrogen (secondary N) is 2. The van der Waals surface area contributed by atoms with Crippen LogP contribution in [0.5, 0.6) is 5.75 Å². The molecule has 0 aliphatic heterocycles. The van der Waals surface area contributed by atoms with Gasteiger partial charge in [0.2, 0.25) is 5.91 Å². The average molecular weight is 370 g/mol. The minimum atomic E-state index is -4.79. The molecule has 0 radical (unpaired) electrons. The second-order valence-electron chi connectivity index (χ2n) is 5.43. The Balaban J connectivity index is 1.68. The fourth-order valence-corrected chi connectivity index (χ4v) is 2.41. The molecule has 0 unspecified atom stereocenters. The molecular formula is C17H11F5N2O2. The first-order valence-corrected chi connectivity index (χ1v) is 7.32. The van der Waals surface area contributed by atoms with E-state index in [1.54, 1.807) is 0 Å². The number of anilines is 1.